The molecule has 3 aromatic rings. The van der Waals surface area contributed by atoms with E-state index >= 15 is 0 Å². The van der Waals surface area contributed by atoms with Gasteiger partial charge in [-0.1, -0.05) is 36.4 Å². The van der Waals surface area contributed by atoms with Crippen molar-refractivity contribution in [2.24, 2.45) is 0 Å². The first-order valence-corrected chi connectivity index (χ1v) is 7.67. The molecule has 0 bridgehead atoms. The summed E-state index contributed by atoms with van der Waals surface area (Å²) in [6, 6.07) is 17.9. The summed E-state index contributed by atoms with van der Waals surface area (Å²) in [5.41, 5.74) is 6.82. The highest BCUT2D eigenvalue weighted by molar-refractivity contribution is 5.90. The van der Waals surface area contributed by atoms with Gasteiger partial charge in [-0.15, -0.1) is 0 Å². The lowest BCUT2D eigenvalue weighted by Gasteiger charge is -2.24. The molecule has 106 valence electrons. The van der Waals surface area contributed by atoms with Crippen LogP contribution in [-0.4, -0.2) is 11.1 Å². The van der Waals surface area contributed by atoms with Crippen molar-refractivity contribution in [2.45, 2.75) is 26.4 Å². The molecule has 2 heterocycles. The van der Waals surface area contributed by atoms with E-state index in [0.717, 1.165) is 13.1 Å². The van der Waals surface area contributed by atoms with Crippen molar-refractivity contribution in [3.8, 4) is 11.1 Å². The van der Waals surface area contributed by atoms with E-state index in [1.165, 1.54) is 33.3 Å². The lowest BCUT2D eigenvalue weighted by molar-refractivity contribution is 0.453. The van der Waals surface area contributed by atoms with Gasteiger partial charge in [0, 0.05) is 35.7 Å². The van der Waals surface area contributed by atoms with Crippen LogP contribution in [0.4, 0.5) is 0 Å². The molecule has 1 unspecified atom stereocenters. The second-order valence-corrected chi connectivity index (χ2v) is 5.94. The normalized spacial score (nSPS) is 17.9. The van der Waals surface area contributed by atoms with Crippen molar-refractivity contribution in [1.82, 2.24) is 9.88 Å². The topological polar surface area (TPSA) is 17.0 Å². The van der Waals surface area contributed by atoms with Crippen molar-refractivity contribution < 1.29 is 0 Å². The van der Waals surface area contributed by atoms with Gasteiger partial charge in [0.1, 0.15) is 0 Å². The number of rotatable bonds is 1. The Hall–Kier alpha value is -2.06. The van der Waals surface area contributed by atoms with Gasteiger partial charge in [0.15, 0.2) is 0 Å². The quantitative estimate of drug-likeness (QED) is 0.702. The lowest BCUT2D eigenvalue weighted by atomic mass is 10.0. The van der Waals surface area contributed by atoms with Crippen LogP contribution in [0.2, 0.25) is 0 Å². The summed E-state index contributed by atoms with van der Waals surface area (Å²) >= 11 is 0. The summed E-state index contributed by atoms with van der Waals surface area (Å²) in [6.45, 7) is 6.63. The molecule has 1 aliphatic heterocycles. The minimum absolute atomic E-state index is 0.436. The highest BCUT2D eigenvalue weighted by atomic mass is 15.1. The van der Waals surface area contributed by atoms with E-state index in [2.05, 4.69) is 72.3 Å². The van der Waals surface area contributed by atoms with Gasteiger partial charge in [-0.25, -0.2) is 0 Å². The number of hydrogen-bond donors (Lipinski definition) is 1. The number of fused-ring (bicyclic) bond motifs is 3. The minimum atomic E-state index is 0.436. The largest absolute Gasteiger partial charge is 0.342 e. The van der Waals surface area contributed by atoms with Crippen LogP contribution in [0.3, 0.4) is 0 Å². The van der Waals surface area contributed by atoms with Gasteiger partial charge in [-0.3, -0.25) is 0 Å². The Morgan fingerprint density at radius 1 is 1.05 bits per heavy atom. The first-order valence-electron chi connectivity index (χ1n) is 7.67. The van der Waals surface area contributed by atoms with Crippen LogP contribution in [0.5, 0.6) is 0 Å². The average molecular weight is 276 g/mol. The van der Waals surface area contributed by atoms with E-state index < -0.39 is 0 Å². The van der Waals surface area contributed by atoms with Gasteiger partial charge in [-0.2, -0.15) is 0 Å². The first kappa shape index (κ1) is 12.7. The van der Waals surface area contributed by atoms with Gasteiger partial charge < -0.3 is 9.88 Å². The fraction of sp³-hybridized carbons (Fsp3) is 0.263. The van der Waals surface area contributed by atoms with E-state index in [1.54, 1.807) is 0 Å². The van der Waals surface area contributed by atoms with Crippen LogP contribution >= 0.6 is 0 Å². The molecule has 0 radical (unpaired) electrons. The van der Waals surface area contributed by atoms with Gasteiger partial charge in [0.2, 0.25) is 0 Å². The number of hydrogen-bond acceptors (Lipinski definition) is 1. The Balaban J connectivity index is 1.95. The molecule has 0 aliphatic carbocycles. The van der Waals surface area contributed by atoms with Crippen molar-refractivity contribution in [3.05, 3.63) is 59.8 Å². The SMILES string of the molecule is Cc1c2n(c3ccc(-c4ccccc4)cc13)CCNC2C. The predicted molar refractivity (Wildman–Crippen MR) is 88.5 cm³/mol. The van der Waals surface area contributed by atoms with E-state index in [-0.39, 0.29) is 0 Å². The second-order valence-electron chi connectivity index (χ2n) is 5.94. The molecule has 0 saturated heterocycles. The van der Waals surface area contributed by atoms with E-state index in [0.29, 0.717) is 6.04 Å². The number of aromatic nitrogens is 1. The molecule has 0 saturated carbocycles. The molecule has 1 aliphatic rings. The van der Waals surface area contributed by atoms with Crippen molar-refractivity contribution >= 4 is 10.9 Å². The Morgan fingerprint density at radius 3 is 2.67 bits per heavy atom. The fourth-order valence-corrected chi connectivity index (χ4v) is 3.64. The van der Waals surface area contributed by atoms with Gasteiger partial charge in [0.05, 0.1) is 0 Å². The molecule has 21 heavy (non-hydrogen) atoms. The maximum atomic E-state index is 3.57. The molecule has 4 rings (SSSR count). The van der Waals surface area contributed by atoms with Crippen LogP contribution in [0, 0.1) is 6.92 Å². The van der Waals surface area contributed by atoms with E-state index in [4.69, 9.17) is 0 Å². The first-order chi connectivity index (χ1) is 10.3. The smallest absolute Gasteiger partial charge is 0.0486 e. The summed E-state index contributed by atoms with van der Waals surface area (Å²) < 4.78 is 2.49. The van der Waals surface area contributed by atoms with E-state index in [1.807, 2.05) is 0 Å². The zero-order chi connectivity index (χ0) is 14.4. The third kappa shape index (κ3) is 1.90. The molecule has 0 spiro atoms. The summed E-state index contributed by atoms with van der Waals surface area (Å²) in [5, 5.41) is 4.96. The molecule has 2 nitrogen and oxygen atoms in total. The number of benzene rings is 2. The Morgan fingerprint density at radius 2 is 1.86 bits per heavy atom. The summed E-state index contributed by atoms with van der Waals surface area (Å²) in [6.07, 6.45) is 0. The number of nitrogens with one attached hydrogen (secondary N) is 1. The van der Waals surface area contributed by atoms with Crippen molar-refractivity contribution in [2.75, 3.05) is 6.54 Å². The maximum Gasteiger partial charge on any atom is 0.0486 e. The molecule has 1 atom stereocenters. The minimum Gasteiger partial charge on any atom is -0.342 e. The summed E-state index contributed by atoms with van der Waals surface area (Å²) in [7, 11) is 0. The number of nitrogens with zero attached hydrogens (tertiary/aromatic N) is 1. The molecular formula is C19H20N2. The Kier molecular flexibility index (Phi) is 2.86. The third-order valence-electron chi connectivity index (χ3n) is 4.67. The van der Waals surface area contributed by atoms with Gasteiger partial charge in [-0.05, 0) is 42.7 Å². The van der Waals surface area contributed by atoms with Crippen LogP contribution in [0.25, 0.3) is 22.0 Å². The predicted octanol–water partition coefficient (Wildman–Crippen LogP) is 4.28. The van der Waals surface area contributed by atoms with Gasteiger partial charge >= 0.3 is 0 Å². The van der Waals surface area contributed by atoms with Crippen LogP contribution in [0.15, 0.2) is 48.5 Å². The lowest BCUT2D eigenvalue weighted by Crippen LogP contribution is -2.31. The van der Waals surface area contributed by atoms with Crippen molar-refractivity contribution in [3.63, 3.8) is 0 Å². The highest BCUT2D eigenvalue weighted by Crippen LogP contribution is 2.34. The standard InChI is InChI=1S/C19H20N2/c1-13-17-12-16(15-6-4-3-5-7-15)8-9-18(17)21-11-10-20-14(2)19(13)21/h3-9,12,14,20H,10-11H2,1-2H3. The van der Waals surface area contributed by atoms with Crippen LogP contribution < -0.4 is 5.32 Å². The summed E-state index contributed by atoms with van der Waals surface area (Å²) in [5.74, 6) is 0. The second kappa shape index (κ2) is 4.74. The molecule has 1 N–H and O–H groups in total. The van der Waals surface area contributed by atoms with Crippen molar-refractivity contribution in [1.29, 1.82) is 0 Å². The third-order valence-corrected chi connectivity index (χ3v) is 4.67. The van der Waals surface area contributed by atoms with Crippen LogP contribution in [0.1, 0.15) is 24.2 Å². The number of aryl methyl sites for hydroxylation is 1. The molecule has 1 aromatic heterocycles. The Labute approximate surface area is 125 Å². The highest BCUT2D eigenvalue weighted by Gasteiger charge is 2.22. The zero-order valence-electron chi connectivity index (χ0n) is 12.6. The zero-order valence-corrected chi connectivity index (χ0v) is 12.6. The fourth-order valence-electron chi connectivity index (χ4n) is 3.64. The summed E-state index contributed by atoms with van der Waals surface area (Å²) in [4.78, 5) is 0. The molecule has 2 aromatic carbocycles. The monoisotopic (exact) mass is 276 g/mol. The average Bonchev–Trinajstić information content (AvgIpc) is 2.82. The molecule has 2 heteroatoms. The van der Waals surface area contributed by atoms with Crippen LogP contribution in [-0.2, 0) is 6.54 Å². The maximum absolute atomic E-state index is 3.57. The van der Waals surface area contributed by atoms with Gasteiger partial charge in [0.25, 0.3) is 0 Å². The molecular weight excluding hydrogens is 256 g/mol. The van der Waals surface area contributed by atoms with E-state index in [9.17, 15) is 0 Å². The molecule has 0 fully saturated rings. The molecule has 0 amide bonds. The Bertz CT molecular complexity index is 799.